The summed E-state index contributed by atoms with van der Waals surface area (Å²) in [5.41, 5.74) is 0.0719. The summed E-state index contributed by atoms with van der Waals surface area (Å²) in [6, 6.07) is 5.11. The Labute approximate surface area is 209 Å². The van der Waals surface area contributed by atoms with Crippen LogP contribution < -0.4 is 0 Å². The number of carbonyl (C=O) groups is 1. The molecule has 0 unspecified atom stereocenters. The van der Waals surface area contributed by atoms with Gasteiger partial charge in [0.1, 0.15) is 11.4 Å². The van der Waals surface area contributed by atoms with E-state index < -0.39 is 23.7 Å². The average molecular weight is 525 g/mol. The number of urea groups is 1. The molecule has 0 radical (unpaired) electrons. The smallest absolute Gasteiger partial charge is 0.323 e. The average Bonchev–Trinajstić information content (AvgIpc) is 2.71. The van der Waals surface area contributed by atoms with Crippen molar-refractivity contribution in [2.45, 2.75) is 50.4 Å². The molecule has 0 atom stereocenters. The van der Waals surface area contributed by atoms with Crippen molar-refractivity contribution in [2.24, 2.45) is 16.7 Å². The first-order valence-corrected chi connectivity index (χ1v) is 12.4. The minimum Gasteiger partial charge on any atom is -0.323 e. The third-order valence-electron chi connectivity index (χ3n) is 8.64. The summed E-state index contributed by atoms with van der Waals surface area (Å²) >= 11 is 0. The molecule has 2 aliphatic carbocycles. The van der Waals surface area contributed by atoms with Crippen LogP contribution in [0.15, 0.2) is 36.7 Å². The van der Waals surface area contributed by atoms with Gasteiger partial charge in [0.25, 0.3) is 0 Å². The van der Waals surface area contributed by atoms with Crippen LogP contribution in [0.1, 0.15) is 54.1 Å². The van der Waals surface area contributed by atoms with Gasteiger partial charge in [0.05, 0.1) is 0 Å². The SMILES string of the molecule is O=C(N1CC2(CC(Cc3ccc(C(F)(F)F)nc3)C2)C1)N1CC2(CC(c3ccc(C(F)(F)F)nc3)C2)C1. The highest BCUT2D eigenvalue weighted by atomic mass is 19.4. The molecule has 0 N–H and O–H groups in total. The second-order valence-corrected chi connectivity index (χ2v) is 11.6. The fraction of sp³-hybridized carbons (Fsp3) is 0.577. The number of amides is 2. The van der Waals surface area contributed by atoms with Gasteiger partial charge in [0, 0.05) is 49.4 Å². The van der Waals surface area contributed by atoms with Gasteiger partial charge in [-0.15, -0.1) is 0 Å². The quantitative estimate of drug-likeness (QED) is 0.480. The molecule has 37 heavy (non-hydrogen) atoms. The largest absolute Gasteiger partial charge is 0.433 e. The number of halogens is 6. The van der Waals surface area contributed by atoms with Gasteiger partial charge in [-0.1, -0.05) is 12.1 Å². The predicted octanol–water partition coefficient (Wildman–Crippen LogP) is 5.77. The highest BCUT2D eigenvalue weighted by molar-refractivity contribution is 5.77. The minimum atomic E-state index is -4.44. The summed E-state index contributed by atoms with van der Waals surface area (Å²) in [5.74, 6) is 0.584. The van der Waals surface area contributed by atoms with Crippen molar-refractivity contribution in [1.29, 1.82) is 0 Å². The molecule has 2 spiro atoms. The van der Waals surface area contributed by atoms with Crippen molar-refractivity contribution in [3.8, 4) is 0 Å². The summed E-state index contributed by atoms with van der Waals surface area (Å²) in [6.07, 6.45) is -1.90. The highest BCUT2D eigenvalue weighted by Crippen LogP contribution is 2.57. The summed E-state index contributed by atoms with van der Waals surface area (Å²) in [4.78, 5) is 23.7. The van der Waals surface area contributed by atoms with Gasteiger partial charge in [-0.05, 0) is 67.2 Å². The van der Waals surface area contributed by atoms with Gasteiger partial charge in [-0.25, -0.2) is 4.79 Å². The van der Waals surface area contributed by atoms with Gasteiger partial charge >= 0.3 is 18.4 Å². The van der Waals surface area contributed by atoms with Crippen LogP contribution in [0.25, 0.3) is 0 Å². The Kier molecular flexibility index (Phi) is 5.34. The van der Waals surface area contributed by atoms with E-state index >= 15 is 0 Å². The van der Waals surface area contributed by atoms with E-state index in [4.69, 9.17) is 0 Å². The van der Waals surface area contributed by atoms with Crippen molar-refractivity contribution in [3.05, 3.63) is 59.2 Å². The van der Waals surface area contributed by atoms with Gasteiger partial charge in [0.15, 0.2) is 0 Å². The number of likely N-dealkylation sites (tertiary alicyclic amines) is 2. The maximum Gasteiger partial charge on any atom is 0.433 e. The molecule has 0 bridgehead atoms. The van der Waals surface area contributed by atoms with Crippen LogP contribution in [0.2, 0.25) is 0 Å². The predicted molar refractivity (Wildman–Crippen MR) is 120 cm³/mol. The Hall–Kier alpha value is -2.85. The fourth-order valence-electron chi connectivity index (χ4n) is 6.91. The summed E-state index contributed by atoms with van der Waals surface area (Å²) in [7, 11) is 0. The Balaban J connectivity index is 0.919. The zero-order valence-corrected chi connectivity index (χ0v) is 19.9. The molecular weight excluding hydrogens is 498 g/mol. The molecule has 2 amide bonds. The van der Waals surface area contributed by atoms with Crippen LogP contribution in [0.5, 0.6) is 0 Å². The third-order valence-corrected chi connectivity index (χ3v) is 8.64. The number of nitrogens with zero attached hydrogens (tertiary/aromatic N) is 4. The molecule has 0 aromatic carbocycles. The lowest BCUT2D eigenvalue weighted by molar-refractivity contribution is -0.142. The molecule has 198 valence electrons. The number of hydrogen-bond donors (Lipinski definition) is 0. The first-order valence-electron chi connectivity index (χ1n) is 12.4. The van der Waals surface area contributed by atoms with E-state index in [1.807, 2.05) is 9.80 Å². The molecular formula is C26H26F6N4O. The van der Waals surface area contributed by atoms with E-state index in [1.54, 1.807) is 0 Å². The molecule has 4 fully saturated rings. The van der Waals surface area contributed by atoms with E-state index in [-0.39, 0.29) is 22.8 Å². The lowest BCUT2D eigenvalue weighted by atomic mass is 9.55. The molecule has 2 saturated heterocycles. The van der Waals surface area contributed by atoms with E-state index in [2.05, 4.69) is 9.97 Å². The van der Waals surface area contributed by atoms with Crippen molar-refractivity contribution in [1.82, 2.24) is 19.8 Å². The topological polar surface area (TPSA) is 49.3 Å². The van der Waals surface area contributed by atoms with Gasteiger partial charge in [-0.2, -0.15) is 26.3 Å². The molecule has 4 aliphatic rings. The summed E-state index contributed by atoms with van der Waals surface area (Å²) in [6.45, 7) is 2.81. The number of carbonyl (C=O) groups excluding carboxylic acids is 1. The molecule has 11 heteroatoms. The van der Waals surface area contributed by atoms with Crippen LogP contribution in [0, 0.1) is 16.7 Å². The molecule has 5 nitrogen and oxygen atoms in total. The molecule has 2 aromatic heterocycles. The van der Waals surface area contributed by atoms with Crippen LogP contribution in [0.4, 0.5) is 31.1 Å². The first-order chi connectivity index (χ1) is 17.3. The standard InChI is InChI=1S/C26H26F6N4O/c27-25(28,29)20-3-1-16(10-33-20)5-17-6-23(7-17)12-35(13-23)22(37)36-14-24(15-36)8-19(9-24)18-2-4-21(34-11-18)26(30,31)32/h1-4,10-11,17,19H,5-9,12-15H2. The zero-order chi connectivity index (χ0) is 26.2. The van der Waals surface area contributed by atoms with Crippen molar-refractivity contribution >= 4 is 6.03 Å². The Morgan fingerprint density at radius 2 is 1.30 bits per heavy atom. The van der Waals surface area contributed by atoms with Crippen molar-refractivity contribution in [2.75, 3.05) is 26.2 Å². The monoisotopic (exact) mass is 524 g/mol. The van der Waals surface area contributed by atoms with E-state index in [0.29, 0.717) is 25.4 Å². The lowest BCUT2D eigenvalue weighted by Gasteiger charge is -2.63. The molecule has 2 aliphatic heterocycles. The number of pyridine rings is 2. The number of rotatable bonds is 3. The fourth-order valence-corrected chi connectivity index (χ4v) is 6.91. The van der Waals surface area contributed by atoms with Crippen LogP contribution in [-0.2, 0) is 18.8 Å². The van der Waals surface area contributed by atoms with Gasteiger partial charge in [-0.3, -0.25) is 9.97 Å². The minimum absolute atomic E-state index is 0.0475. The second-order valence-electron chi connectivity index (χ2n) is 11.6. The Bertz CT molecular complexity index is 1170. The van der Waals surface area contributed by atoms with E-state index in [0.717, 1.165) is 62.0 Å². The van der Waals surface area contributed by atoms with Crippen LogP contribution >= 0.6 is 0 Å². The number of hydrogen-bond acceptors (Lipinski definition) is 3. The molecule has 2 aromatic rings. The first kappa shape index (κ1) is 24.5. The normalized spacial score (nSPS) is 22.9. The second kappa shape index (κ2) is 8.07. The summed E-state index contributed by atoms with van der Waals surface area (Å²) < 4.78 is 76.1. The van der Waals surface area contributed by atoms with Gasteiger partial charge < -0.3 is 9.80 Å². The summed E-state index contributed by atoms with van der Waals surface area (Å²) in [5, 5.41) is 0. The molecule has 6 rings (SSSR count). The Morgan fingerprint density at radius 1 is 0.784 bits per heavy atom. The zero-order valence-electron chi connectivity index (χ0n) is 19.9. The Morgan fingerprint density at radius 3 is 1.76 bits per heavy atom. The molecule has 2 saturated carbocycles. The maximum atomic E-state index is 12.9. The van der Waals surface area contributed by atoms with E-state index in [9.17, 15) is 31.1 Å². The van der Waals surface area contributed by atoms with Crippen LogP contribution in [0.3, 0.4) is 0 Å². The maximum absolute atomic E-state index is 12.9. The third kappa shape index (κ3) is 4.44. The van der Waals surface area contributed by atoms with Gasteiger partial charge in [0.2, 0.25) is 0 Å². The highest BCUT2D eigenvalue weighted by Gasteiger charge is 2.58. The molecule has 4 heterocycles. The van der Waals surface area contributed by atoms with Crippen molar-refractivity contribution < 1.29 is 31.1 Å². The van der Waals surface area contributed by atoms with E-state index in [1.165, 1.54) is 24.5 Å². The van der Waals surface area contributed by atoms with Crippen LogP contribution in [-0.4, -0.2) is 52.0 Å². The number of aromatic nitrogens is 2. The number of alkyl halides is 6. The van der Waals surface area contributed by atoms with Crippen molar-refractivity contribution in [3.63, 3.8) is 0 Å². The lowest BCUT2D eigenvalue weighted by Crippen LogP contribution is -2.70.